The molecule has 7 heteroatoms. The van der Waals surface area contributed by atoms with Gasteiger partial charge in [-0.15, -0.1) is 0 Å². The Morgan fingerprint density at radius 1 is 1.35 bits per heavy atom. The molecule has 0 bridgehead atoms. The van der Waals surface area contributed by atoms with Crippen molar-refractivity contribution < 1.29 is 14.3 Å². The molecule has 6 nitrogen and oxygen atoms in total. The number of rotatable bonds is 9. The number of nitrogens with zero attached hydrogens (tertiary/aromatic N) is 3. The molecule has 1 saturated carbocycles. The monoisotopic (exact) mass is 360 g/mol. The van der Waals surface area contributed by atoms with Gasteiger partial charge in [0.2, 0.25) is 0 Å². The van der Waals surface area contributed by atoms with Gasteiger partial charge in [-0.3, -0.25) is 14.4 Å². The Morgan fingerprint density at radius 3 is 2.73 bits per heavy atom. The fourth-order valence-corrected chi connectivity index (χ4v) is 3.35. The summed E-state index contributed by atoms with van der Waals surface area (Å²) in [7, 11) is 0. The van der Waals surface area contributed by atoms with E-state index in [9.17, 15) is 9.18 Å². The first-order valence-corrected chi connectivity index (χ1v) is 8.98. The normalized spacial score (nSPS) is 19.5. The van der Waals surface area contributed by atoms with Gasteiger partial charge in [0.05, 0.1) is 19.3 Å². The number of carboxylic acid groups (broad SMARTS) is 1. The minimum Gasteiger partial charge on any atom is -0.480 e. The lowest BCUT2D eigenvalue weighted by Gasteiger charge is -2.42. The van der Waals surface area contributed by atoms with Gasteiger partial charge in [-0.2, -0.15) is 5.10 Å². The summed E-state index contributed by atoms with van der Waals surface area (Å²) in [6.07, 6.45) is 5.79. The molecule has 0 saturated heterocycles. The van der Waals surface area contributed by atoms with Crippen molar-refractivity contribution in [3.8, 4) is 0 Å². The van der Waals surface area contributed by atoms with E-state index < -0.39 is 5.97 Å². The molecule has 0 amide bonds. The number of halogens is 1. The van der Waals surface area contributed by atoms with Gasteiger partial charge >= 0.3 is 5.97 Å². The molecule has 0 atom stereocenters. The second kappa shape index (κ2) is 8.42. The number of benzene rings is 1. The van der Waals surface area contributed by atoms with Gasteiger partial charge in [-0.1, -0.05) is 19.1 Å². The number of hydrogen-bond acceptors (Lipinski definition) is 4. The highest BCUT2D eigenvalue weighted by atomic mass is 19.1. The highest BCUT2D eigenvalue weighted by Crippen LogP contribution is 2.25. The second-order valence-electron chi connectivity index (χ2n) is 6.83. The molecular formula is C19H25FN4O2. The van der Waals surface area contributed by atoms with Gasteiger partial charge in [0.15, 0.2) is 0 Å². The number of carboxylic acids is 1. The number of likely N-dealkylation sites (N-methyl/N-ethyl adjacent to an activating group) is 1. The average Bonchev–Trinajstić information content (AvgIpc) is 3.01. The van der Waals surface area contributed by atoms with Crippen LogP contribution in [0, 0.1) is 5.82 Å². The van der Waals surface area contributed by atoms with Crippen molar-refractivity contribution in [1.82, 2.24) is 20.0 Å². The molecule has 26 heavy (non-hydrogen) atoms. The summed E-state index contributed by atoms with van der Waals surface area (Å²) in [6.45, 7) is 4.24. The molecule has 140 valence electrons. The Kier molecular flexibility index (Phi) is 6.00. The first-order valence-electron chi connectivity index (χ1n) is 8.98. The van der Waals surface area contributed by atoms with Gasteiger partial charge < -0.3 is 10.4 Å². The number of aliphatic carboxylic acids is 1. The summed E-state index contributed by atoms with van der Waals surface area (Å²) in [6, 6.07) is 7.22. The Labute approximate surface area is 152 Å². The van der Waals surface area contributed by atoms with E-state index in [0.717, 1.165) is 37.1 Å². The molecule has 1 aliphatic rings. The fourth-order valence-electron chi connectivity index (χ4n) is 3.35. The smallest absolute Gasteiger partial charge is 0.317 e. The largest absolute Gasteiger partial charge is 0.480 e. The molecule has 2 N–H and O–H groups in total. The van der Waals surface area contributed by atoms with Gasteiger partial charge in [-0.25, -0.2) is 4.39 Å². The molecule has 1 heterocycles. The molecule has 2 aromatic rings. The van der Waals surface area contributed by atoms with Crippen LogP contribution in [0.3, 0.4) is 0 Å². The number of carbonyl (C=O) groups is 1. The highest BCUT2D eigenvalue weighted by Gasteiger charge is 2.33. The minimum atomic E-state index is -0.767. The van der Waals surface area contributed by atoms with E-state index in [1.54, 1.807) is 12.1 Å². The van der Waals surface area contributed by atoms with Crippen LogP contribution in [0.4, 0.5) is 4.39 Å². The summed E-state index contributed by atoms with van der Waals surface area (Å²) in [4.78, 5) is 12.9. The molecule has 0 unspecified atom stereocenters. The Balaban J connectivity index is 1.42. The van der Waals surface area contributed by atoms with E-state index in [1.165, 1.54) is 12.1 Å². The van der Waals surface area contributed by atoms with Gasteiger partial charge in [0.25, 0.3) is 0 Å². The quantitative estimate of drug-likeness (QED) is 0.717. The van der Waals surface area contributed by atoms with Crippen LogP contribution in [-0.2, 0) is 17.9 Å². The summed E-state index contributed by atoms with van der Waals surface area (Å²) in [5, 5.41) is 16.8. The third-order valence-electron chi connectivity index (χ3n) is 4.91. The van der Waals surface area contributed by atoms with Crippen LogP contribution in [0.1, 0.15) is 30.9 Å². The van der Waals surface area contributed by atoms with E-state index in [2.05, 4.69) is 10.4 Å². The zero-order chi connectivity index (χ0) is 18.5. The summed E-state index contributed by atoms with van der Waals surface area (Å²) < 4.78 is 14.8. The summed E-state index contributed by atoms with van der Waals surface area (Å²) in [5.41, 5.74) is 2.11. The maximum Gasteiger partial charge on any atom is 0.317 e. The molecule has 0 radical (unpaired) electrons. The van der Waals surface area contributed by atoms with Crippen LogP contribution in [0.2, 0.25) is 0 Å². The van der Waals surface area contributed by atoms with Crippen LogP contribution >= 0.6 is 0 Å². The molecule has 3 rings (SSSR count). The predicted molar refractivity (Wildman–Crippen MR) is 96.3 cm³/mol. The van der Waals surface area contributed by atoms with E-state index in [0.29, 0.717) is 18.6 Å². The van der Waals surface area contributed by atoms with Crippen molar-refractivity contribution in [1.29, 1.82) is 0 Å². The number of hydrogen-bond donors (Lipinski definition) is 2. The van der Waals surface area contributed by atoms with Gasteiger partial charge in [0, 0.05) is 30.4 Å². The summed E-state index contributed by atoms with van der Waals surface area (Å²) in [5.74, 6) is -1.00. The van der Waals surface area contributed by atoms with Crippen molar-refractivity contribution in [2.45, 2.75) is 44.9 Å². The van der Waals surface area contributed by atoms with Gasteiger partial charge in [0.1, 0.15) is 5.82 Å². The summed E-state index contributed by atoms with van der Waals surface area (Å²) >= 11 is 0. The molecule has 1 fully saturated rings. The van der Waals surface area contributed by atoms with Crippen molar-refractivity contribution in [2.75, 3.05) is 13.1 Å². The van der Waals surface area contributed by atoms with Crippen molar-refractivity contribution in [2.24, 2.45) is 0 Å². The van der Waals surface area contributed by atoms with Crippen molar-refractivity contribution >= 4 is 5.97 Å². The molecule has 0 spiro atoms. The van der Waals surface area contributed by atoms with E-state index >= 15 is 0 Å². The molecule has 0 aliphatic heterocycles. The lowest BCUT2D eigenvalue weighted by Crippen LogP contribution is -2.53. The third-order valence-corrected chi connectivity index (χ3v) is 4.91. The minimum absolute atomic E-state index is 0.115. The number of nitrogens with one attached hydrogen (secondary N) is 1. The van der Waals surface area contributed by atoms with Crippen LogP contribution in [0.15, 0.2) is 36.7 Å². The first-order chi connectivity index (χ1) is 12.5. The molecule has 1 aliphatic carbocycles. The molecule has 1 aromatic heterocycles. The Morgan fingerprint density at radius 2 is 2.08 bits per heavy atom. The van der Waals surface area contributed by atoms with Crippen molar-refractivity contribution in [3.05, 3.63) is 53.6 Å². The average molecular weight is 360 g/mol. The zero-order valence-corrected chi connectivity index (χ0v) is 14.9. The Bertz CT molecular complexity index is 725. The molecular weight excluding hydrogens is 335 g/mol. The first kappa shape index (κ1) is 18.5. The third kappa shape index (κ3) is 4.89. The van der Waals surface area contributed by atoms with E-state index in [1.807, 2.05) is 28.9 Å². The van der Waals surface area contributed by atoms with E-state index in [4.69, 9.17) is 5.11 Å². The lowest BCUT2D eigenvalue weighted by atomic mass is 9.85. The predicted octanol–water partition coefficient (Wildman–Crippen LogP) is 2.10. The maximum absolute atomic E-state index is 12.9. The highest BCUT2D eigenvalue weighted by molar-refractivity contribution is 5.69. The number of aromatic nitrogens is 2. The molecule has 1 aromatic carbocycles. The standard InChI is InChI=1S/C19H25FN4O2/c1-2-23(13-19(25)26)18-7-17(8-18)21-9-15-10-22-24(12-15)11-14-3-5-16(20)6-4-14/h3-6,10,12,17-18,21H,2,7-9,11,13H2,1H3,(H,25,26). The maximum atomic E-state index is 12.9. The fraction of sp³-hybridized carbons (Fsp3) is 0.474. The van der Waals surface area contributed by atoms with E-state index in [-0.39, 0.29) is 12.4 Å². The topological polar surface area (TPSA) is 70.4 Å². The van der Waals surface area contributed by atoms with Crippen LogP contribution < -0.4 is 5.32 Å². The van der Waals surface area contributed by atoms with Crippen LogP contribution in [0.5, 0.6) is 0 Å². The lowest BCUT2D eigenvalue weighted by molar-refractivity contribution is -0.139. The van der Waals surface area contributed by atoms with Crippen LogP contribution in [-0.4, -0.2) is 50.9 Å². The Hall–Kier alpha value is -2.25. The zero-order valence-electron chi connectivity index (χ0n) is 14.9. The van der Waals surface area contributed by atoms with Crippen molar-refractivity contribution in [3.63, 3.8) is 0 Å². The SMILES string of the molecule is CCN(CC(=O)O)C1CC(NCc2cnn(Cc3ccc(F)cc3)c2)C1. The second-order valence-corrected chi connectivity index (χ2v) is 6.83. The van der Waals surface area contributed by atoms with Gasteiger partial charge in [-0.05, 0) is 37.1 Å². The van der Waals surface area contributed by atoms with Crippen LogP contribution in [0.25, 0.3) is 0 Å².